The summed E-state index contributed by atoms with van der Waals surface area (Å²) in [6.45, 7) is 1.88. The predicted molar refractivity (Wildman–Crippen MR) is 145 cm³/mol. The number of aliphatic hydroxyl groups is 2. The smallest absolute Gasteiger partial charge is 0.305 e. The van der Waals surface area contributed by atoms with E-state index in [4.69, 9.17) is 9.47 Å². The second-order valence-electron chi connectivity index (χ2n) is 10.8. The van der Waals surface area contributed by atoms with Gasteiger partial charge in [-0.15, -0.1) is 0 Å². The van der Waals surface area contributed by atoms with Crippen LogP contribution in [0.25, 0.3) is 0 Å². The van der Waals surface area contributed by atoms with Crippen LogP contribution in [0.2, 0.25) is 0 Å². The number of hydrogen-bond acceptors (Lipinski definition) is 6. The SMILES string of the molecule is CCCCCCCCCCCCCCCCCCCCCCCC(=O)OC[C@H]1OCC(=O)[C@@H](O)[C@@H]1O. The Morgan fingerprint density at radius 2 is 1.11 bits per heavy atom. The minimum atomic E-state index is -1.46. The zero-order chi connectivity index (χ0) is 26.3. The van der Waals surface area contributed by atoms with Gasteiger partial charge in [-0.2, -0.15) is 0 Å². The van der Waals surface area contributed by atoms with Crippen LogP contribution >= 0.6 is 0 Å². The number of carbonyl (C=O) groups excluding carboxylic acids is 2. The first-order valence-electron chi connectivity index (χ1n) is 15.2. The molecular formula is C30H56O6. The highest BCUT2D eigenvalue weighted by Gasteiger charge is 2.37. The Morgan fingerprint density at radius 1 is 0.722 bits per heavy atom. The van der Waals surface area contributed by atoms with E-state index in [0.29, 0.717) is 6.42 Å². The molecule has 1 saturated heterocycles. The van der Waals surface area contributed by atoms with Gasteiger partial charge in [0.1, 0.15) is 31.5 Å². The molecule has 1 aliphatic rings. The molecule has 0 aliphatic carbocycles. The predicted octanol–water partition coefficient (Wildman–Crippen LogP) is 6.82. The summed E-state index contributed by atoms with van der Waals surface area (Å²) in [7, 11) is 0. The van der Waals surface area contributed by atoms with Crippen LogP contribution in [-0.2, 0) is 19.1 Å². The number of ether oxygens (including phenoxy) is 2. The van der Waals surface area contributed by atoms with Crippen LogP contribution in [0.5, 0.6) is 0 Å². The monoisotopic (exact) mass is 512 g/mol. The molecule has 0 bridgehead atoms. The maximum Gasteiger partial charge on any atom is 0.305 e. The number of ketones is 1. The average molecular weight is 513 g/mol. The fourth-order valence-electron chi connectivity index (χ4n) is 4.86. The summed E-state index contributed by atoms with van der Waals surface area (Å²) in [6, 6.07) is 0. The maximum atomic E-state index is 11.9. The molecular weight excluding hydrogens is 456 g/mol. The zero-order valence-electron chi connectivity index (χ0n) is 23.2. The first kappa shape index (κ1) is 33.0. The van der Waals surface area contributed by atoms with Gasteiger partial charge in [0.15, 0.2) is 5.78 Å². The van der Waals surface area contributed by atoms with Crippen molar-refractivity contribution in [2.24, 2.45) is 0 Å². The quantitative estimate of drug-likeness (QED) is 0.109. The minimum absolute atomic E-state index is 0.135. The van der Waals surface area contributed by atoms with Gasteiger partial charge in [0.2, 0.25) is 0 Å². The Balaban J connectivity index is 1.76. The molecule has 1 fully saturated rings. The van der Waals surface area contributed by atoms with Crippen LogP contribution in [-0.4, -0.2) is 53.5 Å². The van der Waals surface area contributed by atoms with Gasteiger partial charge in [0, 0.05) is 6.42 Å². The van der Waals surface area contributed by atoms with Crippen LogP contribution in [0, 0.1) is 0 Å². The van der Waals surface area contributed by atoms with Gasteiger partial charge in [0.25, 0.3) is 0 Å². The average Bonchev–Trinajstić information content (AvgIpc) is 2.87. The fourth-order valence-corrected chi connectivity index (χ4v) is 4.86. The van der Waals surface area contributed by atoms with Gasteiger partial charge in [-0.25, -0.2) is 0 Å². The third-order valence-electron chi connectivity index (χ3n) is 7.37. The molecule has 36 heavy (non-hydrogen) atoms. The molecule has 212 valence electrons. The molecule has 1 rings (SSSR count). The van der Waals surface area contributed by atoms with Crippen molar-refractivity contribution in [3.63, 3.8) is 0 Å². The van der Waals surface area contributed by atoms with Crippen LogP contribution in [0.4, 0.5) is 0 Å². The molecule has 3 atom stereocenters. The summed E-state index contributed by atoms with van der Waals surface area (Å²) in [5.74, 6) is -0.875. The number of hydrogen-bond donors (Lipinski definition) is 2. The Kier molecular flexibility index (Phi) is 21.3. The summed E-state index contributed by atoms with van der Waals surface area (Å²) < 4.78 is 10.3. The number of unbranched alkanes of at least 4 members (excludes halogenated alkanes) is 20. The molecule has 0 aromatic carbocycles. The van der Waals surface area contributed by atoms with Crippen molar-refractivity contribution in [3.8, 4) is 0 Å². The Bertz CT molecular complexity index is 538. The van der Waals surface area contributed by atoms with E-state index in [9.17, 15) is 19.8 Å². The maximum absolute atomic E-state index is 11.9. The standard InChI is InChI=1S/C30H56O6/c1-2-3-4-5-6-7-8-9-10-11-12-13-14-15-16-17-18-19-20-21-22-23-28(32)36-25-27-30(34)29(33)26(31)24-35-27/h27,29-30,33-34H,2-25H2,1H3/t27-,29-,30-/m1/s1. The zero-order valence-corrected chi connectivity index (χ0v) is 23.2. The van der Waals surface area contributed by atoms with E-state index < -0.39 is 24.1 Å². The lowest BCUT2D eigenvalue weighted by Crippen LogP contribution is -2.52. The number of rotatable bonds is 24. The van der Waals surface area contributed by atoms with E-state index in [0.717, 1.165) is 19.3 Å². The second kappa shape index (κ2) is 23.2. The van der Waals surface area contributed by atoms with Crippen LogP contribution in [0.1, 0.15) is 148 Å². The first-order valence-corrected chi connectivity index (χ1v) is 15.2. The van der Waals surface area contributed by atoms with Gasteiger partial charge in [-0.3, -0.25) is 9.59 Å². The molecule has 0 amide bonds. The second-order valence-corrected chi connectivity index (χ2v) is 10.8. The lowest BCUT2D eigenvalue weighted by Gasteiger charge is -2.30. The molecule has 2 N–H and O–H groups in total. The molecule has 0 spiro atoms. The van der Waals surface area contributed by atoms with E-state index in [-0.39, 0.29) is 19.2 Å². The van der Waals surface area contributed by atoms with Gasteiger partial charge >= 0.3 is 5.97 Å². The lowest BCUT2D eigenvalue weighted by molar-refractivity contribution is -0.177. The van der Waals surface area contributed by atoms with Crippen molar-refractivity contribution in [2.75, 3.05) is 13.2 Å². The highest BCUT2D eigenvalue weighted by Crippen LogP contribution is 2.16. The largest absolute Gasteiger partial charge is 0.463 e. The third-order valence-corrected chi connectivity index (χ3v) is 7.37. The van der Waals surface area contributed by atoms with Crippen molar-refractivity contribution >= 4 is 11.8 Å². The summed E-state index contributed by atoms with van der Waals surface area (Å²) in [6.07, 6.45) is 24.6. The number of esters is 1. The third kappa shape index (κ3) is 17.5. The molecule has 0 unspecified atom stereocenters. The van der Waals surface area contributed by atoms with E-state index in [1.807, 2.05) is 0 Å². The van der Waals surface area contributed by atoms with Crippen LogP contribution in [0.15, 0.2) is 0 Å². The number of carbonyl (C=O) groups is 2. The Hall–Kier alpha value is -0.980. The fraction of sp³-hybridized carbons (Fsp3) is 0.933. The highest BCUT2D eigenvalue weighted by atomic mass is 16.6. The molecule has 6 heteroatoms. The van der Waals surface area contributed by atoms with Crippen molar-refractivity contribution in [1.82, 2.24) is 0 Å². The van der Waals surface area contributed by atoms with Gasteiger partial charge in [0.05, 0.1) is 0 Å². The highest BCUT2D eigenvalue weighted by molar-refractivity contribution is 5.85. The molecule has 0 aromatic heterocycles. The van der Waals surface area contributed by atoms with Crippen molar-refractivity contribution in [1.29, 1.82) is 0 Å². The molecule has 1 aliphatic heterocycles. The van der Waals surface area contributed by atoms with E-state index in [1.165, 1.54) is 116 Å². The van der Waals surface area contributed by atoms with E-state index >= 15 is 0 Å². The van der Waals surface area contributed by atoms with Gasteiger partial charge < -0.3 is 19.7 Å². The summed E-state index contributed by atoms with van der Waals surface area (Å²) >= 11 is 0. The van der Waals surface area contributed by atoms with Crippen LogP contribution in [0.3, 0.4) is 0 Å². The molecule has 6 nitrogen and oxygen atoms in total. The Morgan fingerprint density at radius 3 is 1.53 bits per heavy atom. The van der Waals surface area contributed by atoms with Crippen molar-refractivity contribution < 1.29 is 29.3 Å². The van der Waals surface area contributed by atoms with Crippen LogP contribution < -0.4 is 0 Å². The molecule has 0 aromatic rings. The van der Waals surface area contributed by atoms with Crippen molar-refractivity contribution in [2.45, 2.75) is 166 Å². The minimum Gasteiger partial charge on any atom is -0.463 e. The van der Waals surface area contributed by atoms with Gasteiger partial charge in [-0.1, -0.05) is 135 Å². The van der Waals surface area contributed by atoms with Crippen molar-refractivity contribution in [3.05, 3.63) is 0 Å². The summed E-state index contributed by atoms with van der Waals surface area (Å²) in [4.78, 5) is 23.1. The topological polar surface area (TPSA) is 93.1 Å². The normalized spacial score (nSPS) is 20.1. The number of aliphatic hydroxyl groups excluding tert-OH is 2. The van der Waals surface area contributed by atoms with E-state index in [1.54, 1.807) is 0 Å². The Labute approximate surface area is 220 Å². The molecule has 1 heterocycles. The summed E-state index contributed by atoms with van der Waals surface area (Å²) in [5, 5.41) is 19.3. The summed E-state index contributed by atoms with van der Waals surface area (Å²) in [5.41, 5.74) is 0. The van der Waals surface area contributed by atoms with Gasteiger partial charge in [-0.05, 0) is 6.42 Å². The molecule has 0 radical (unpaired) electrons. The first-order chi connectivity index (χ1) is 17.6. The number of Topliss-reactive ketones (excluding diaryl/α,β-unsaturated/α-hetero) is 1. The lowest BCUT2D eigenvalue weighted by atomic mass is 10.0. The molecule has 0 saturated carbocycles. The van der Waals surface area contributed by atoms with E-state index in [2.05, 4.69) is 6.92 Å².